The van der Waals surface area contributed by atoms with Crippen LogP contribution in [0.3, 0.4) is 0 Å². The molecule has 3 aliphatic rings. The number of aromatic nitrogens is 3. The number of amides is 4. The average molecular weight is 1340 g/mol. The lowest BCUT2D eigenvalue weighted by atomic mass is 9.85. The number of aliphatic hydroxyl groups excluding tert-OH is 2. The van der Waals surface area contributed by atoms with Crippen molar-refractivity contribution in [1.29, 1.82) is 0 Å². The van der Waals surface area contributed by atoms with Crippen molar-refractivity contribution < 1.29 is 77.2 Å². The fourth-order valence-corrected chi connectivity index (χ4v) is 13.0. The number of nitrogens with zero attached hydrogens (tertiary/aromatic N) is 7. The van der Waals surface area contributed by atoms with E-state index in [1.54, 1.807) is 23.5 Å². The average Bonchev–Trinajstić information content (AvgIpc) is 0.891. The smallest absolute Gasteiger partial charge is 0.319 e. The van der Waals surface area contributed by atoms with Gasteiger partial charge in [-0.2, -0.15) is 9.97 Å². The third-order valence-corrected chi connectivity index (χ3v) is 18.1. The maximum atomic E-state index is 17.1. The number of hydrogen-bond donors (Lipinski definition) is 6. The van der Waals surface area contributed by atoms with E-state index in [4.69, 9.17) is 49.7 Å². The Morgan fingerprint density at radius 2 is 1.43 bits per heavy atom. The zero-order valence-corrected chi connectivity index (χ0v) is 55.7. The van der Waals surface area contributed by atoms with Crippen molar-refractivity contribution in [3.63, 3.8) is 0 Å². The molecule has 4 amide bonds. The molecule has 3 saturated heterocycles. The zero-order chi connectivity index (χ0) is 67.1. The van der Waals surface area contributed by atoms with Crippen molar-refractivity contribution in [1.82, 2.24) is 40.3 Å². The Bertz CT molecular complexity index is 3510. The van der Waals surface area contributed by atoms with E-state index in [0.717, 1.165) is 47.6 Å². The molecule has 5 atom stereocenters. The number of hydrogen-bond acceptors (Lipinski definition) is 21. The Hall–Kier alpha value is -6.79. The van der Waals surface area contributed by atoms with Crippen LogP contribution in [0.25, 0.3) is 43.2 Å². The Labute approximate surface area is 555 Å². The highest BCUT2D eigenvalue weighted by Gasteiger charge is 2.45. The summed E-state index contributed by atoms with van der Waals surface area (Å²) >= 11 is 8.47. The number of likely N-dealkylation sites (tertiary alicyclic amines) is 2. The second-order valence-corrected chi connectivity index (χ2v) is 26.1. The van der Waals surface area contributed by atoms with Gasteiger partial charge in [-0.1, -0.05) is 80.9 Å². The number of benzene rings is 4. The number of phenolic OH excluding ortho intramolecular Hbond substituents is 1. The second kappa shape index (κ2) is 33.7. The summed E-state index contributed by atoms with van der Waals surface area (Å²) in [5.41, 5.74) is 4.37. The highest BCUT2D eigenvalue weighted by molar-refractivity contribution is 7.13. The predicted octanol–water partition coefficient (Wildman–Crippen LogP) is 6.04. The molecule has 2 aromatic heterocycles. The van der Waals surface area contributed by atoms with Crippen LogP contribution in [0, 0.1) is 18.2 Å². The third-order valence-electron chi connectivity index (χ3n) is 16.8. The van der Waals surface area contributed by atoms with Crippen LogP contribution in [-0.2, 0) is 47.6 Å². The second-order valence-electron chi connectivity index (χ2n) is 24.9. The predicted molar refractivity (Wildman–Crippen MR) is 352 cm³/mol. The number of piperazine rings is 1. The molecule has 24 nitrogen and oxygen atoms in total. The number of aryl methyl sites for hydroxylation is 1. The molecule has 27 heteroatoms. The van der Waals surface area contributed by atoms with Gasteiger partial charge in [0.15, 0.2) is 5.82 Å². The number of phenols is 1. The minimum atomic E-state index is -2.13. The molecule has 3 fully saturated rings. The molecule has 0 bridgehead atoms. The van der Waals surface area contributed by atoms with Crippen LogP contribution in [-0.4, -0.2) is 235 Å². The summed E-state index contributed by atoms with van der Waals surface area (Å²) in [6.07, 6.45) is -1.69. The first-order valence-corrected chi connectivity index (χ1v) is 33.2. The van der Waals surface area contributed by atoms with Gasteiger partial charge in [0.2, 0.25) is 24.0 Å². The molecule has 5 heterocycles. The van der Waals surface area contributed by atoms with Gasteiger partial charge in [0.25, 0.3) is 5.91 Å². The number of nitrogens with one attached hydrogen (secondary N) is 2. The van der Waals surface area contributed by atoms with E-state index in [1.165, 1.54) is 15.9 Å². The number of ether oxygens (including phenoxy) is 7. The van der Waals surface area contributed by atoms with Gasteiger partial charge in [-0.3, -0.25) is 24.1 Å². The summed E-state index contributed by atoms with van der Waals surface area (Å²) in [7, 11) is 0. The van der Waals surface area contributed by atoms with Crippen LogP contribution < -0.4 is 20.3 Å². The van der Waals surface area contributed by atoms with Gasteiger partial charge in [-0.15, -0.1) is 11.3 Å². The Balaban J connectivity index is 0.612. The molecule has 94 heavy (non-hydrogen) atoms. The van der Waals surface area contributed by atoms with Crippen LogP contribution in [0.15, 0.2) is 72.2 Å². The molecule has 6 N–H and O–H groups in total. The summed E-state index contributed by atoms with van der Waals surface area (Å²) in [4.78, 5) is 74.8. The van der Waals surface area contributed by atoms with Gasteiger partial charge in [-0.25, -0.2) is 9.37 Å². The molecule has 0 radical (unpaired) electrons. The molecule has 0 aliphatic carbocycles. The van der Waals surface area contributed by atoms with Gasteiger partial charge >= 0.3 is 6.01 Å². The maximum absolute atomic E-state index is 17.1. The number of aliphatic hydroxyl groups is 3. The van der Waals surface area contributed by atoms with Crippen LogP contribution in [0.4, 0.5) is 10.2 Å². The first kappa shape index (κ1) is 71.5. The summed E-state index contributed by atoms with van der Waals surface area (Å²) in [6, 6.07) is 17.5. The topological polar surface area (TPSA) is 289 Å². The molecule has 510 valence electrons. The summed E-state index contributed by atoms with van der Waals surface area (Å²) < 4.78 is 57.7. The first-order valence-electron chi connectivity index (χ1n) is 31.9. The van der Waals surface area contributed by atoms with Crippen LogP contribution in [0.2, 0.25) is 5.02 Å². The highest BCUT2D eigenvalue weighted by Crippen LogP contribution is 2.43. The van der Waals surface area contributed by atoms with Gasteiger partial charge in [0, 0.05) is 69.7 Å². The number of anilines is 1. The van der Waals surface area contributed by atoms with Crippen molar-refractivity contribution >= 4 is 74.1 Å². The monoisotopic (exact) mass is 1340 g/mol. The van der Waals surface area contributed by atoms with Crippen molar-refractivity contribution in [2.24, 2.45) is 5.41 Å². The fraction of sp³-hybridized carbons (Fsp3) is 0.537. The molecule has 0 unspecified atom stereocenters. The minimum absolute atomic E-state index is 0.0370. The maximum Gasteiger partial charge on any atom is 0.319 e. The number of carbonyl (C=O) groups is 4. The number of fused-ring (bicyclic) bond motifs is 2. The van der Waals surface area contributed by atoms with Gasteiger partial charge in [0.05, 0.1) is 105 Å². The lowest BCUT2D eigenvalue weighted by Crippen LogP contribution is -2.58. The summed E-state index contributed by atoms with van der Waals surface area (Å²) in [5, 5.41) is 47.9. The number of aromatic hydroxyl groups is 1. The molecular formula is C67H87ClFN9O15S. The number of halogens is 2. The molecule has 0 saturated carbocycles. The normalized spacial score (nSPS) is 17.7. The van der Waals surface area contributed by atoms with Gasteiger partial charge in [0.1, 0.15) is 41.9 Å². The molecular weight excluding hydrogens is 1260 g/mol. The number of carbonyl (C=O) groups excluding carboxylic acids is 4. The van der Waals surface area contributed by atoms with Crippen LogP contribution >= 0.6 is 22.9 Å². The largest absolute Gasteiger partial charge is 0.508 e. The summed E-state index contributed by atoms with van der Waals surface area (Å²) in [6.45, 7) is 17.1. The molecule has 6 aromatic rings. The molecule has 3 aliphatic heterocycles. The van der Waals surface area contributed by atoms with Gasteiger partial charge < -0.3 is 78.9 Å². The van der Waals surface area contributed by atoms with Crippen LogP contribution in [0.5, 0.6) is 11.8 Å². The molecule has 4 aromatic carbocycles. The van der Waals surface area contributed by atoms with E-state index in [9.17, 15) is 39.6 Å². The molecule has 9 rings (SSSR count). The van der Waals surface area contributed by atoms with E-state index in [0.29, 0.717) is 86.9 Å². The highest BCUT2D eigenvalue weighted by atomic mass is 35.5. The summed E-state index contributed by atoms with van der Waals surface area (Å²) in [5.74, 6) is -2.59. The van der Waals surface area contributed by atoms with Crippen molar-refractivity contribution in [3.8, 4) is 33.3 Å². The quantitative estimate of drug-likeness (QED) is 0.0214. The lowest BCUT2D eigenvalue weighted by molar-refractivity contribution is -0.159. The van der Waals surface area contributed by atoms with E-state index in [-0.39, 0.29) is 105 Å². The van der Waals surface area contributed by atoms with E-state index >= 15 is 4.39 Å². The number of thiazole rings is 1. The van der Waals surface area contributed by atoms with E-state index in [1.807, 2.05) is 100 Å². The Morgan fingerprint density at radius 3 is 2.05 bits per heavy atom. The zero-order valence-electron chi connectivity index (χ0n) is 54.1. The number of piperidine rings is 1. The number of rotatable bonds is 31. The van der Waals surface area contributed by atoms with Crippen molar-refractivity contribution in [2.75, 3.05) is 130 Å². The SMILES string of the molecule is Cc1ncsc1-c1ccc([C@H](C)NC(=O)[C@@H]2C[C@@H](O)CN2C(=O)[C@@H](NC(=O)COCCOCCOCCOCCOCCOC2CCN(C[C@@H](C)Oc3nc(N4CCN(C(=O)C(O)O)CC4)c4cc(Cl)c(-c5cc(O)cc6ccccc56)c(F)c4n3)CC2)C(C)(C)C)cc1. The lowest BCUT2D eigenvalue weighted by Gasteiger charge is -2.36. The standard InChI is InChI=1S/C67H87ClFN9O15S/c1-41(93-66-73-58-52(61(74-66)76-19-21-77(22-20-76)64(84)65(85)86)36-53(68)56(57(58)69)51-34-47(79)33-46-9-7-8-10-50(46)51)37-75-17-15-49(16-18-75)92-32-31-90-28-27-88-24-23-87-25-26-89-29-30-91-39-55(81)72-60(67(4,5)6)63(83)78-38-48(80)35-54(78)62(82)71-42(2)44-11-13-45(14-12-44)59-43(3)70-40-94-59/h7-14,33-34,36,40-42,48-49,54,60,65,79-80,85-86H,15-32,35,37-39H2,1-6H3,(H,71,82)(H,72,81)/t41-,42+,48-,54+,60-/m1/s1. The van der Waals surface area contributed by atoms with Crippen LogP contribution in [0.1, 0.15) is 71.2 Å². The molecule has 0 spiro atoms. The van der Waals surface area contributed by atoms with Crippen molar-refractivity contribution in [2.45, 2.75) is 104 Å². The number of β-amino-alcohol motifs (C(OH)–C–C–N with tert-alkyl or cyclic N) is 1. The van der Waals surface area contributed by atoms with Gasteiger partial charge in [-0.05, 0) is 84.7 Å². The Kier molecular flexibility index (Phi) is 25.7. The van der Waals surface area contributed by atoms with E-state index in [2.05, 4.69) is 25.5 Å². The van der Waals surface area contributed by atoms with E-state index < -0.39 is 59.5 Å². The minimum Gasteiger partial charge on any atom is -0.508 e. The fourth-order valence-electron chi connectivity index (χ4n) is 11.9. The Morgan fingerprint density at radius 1 is 0.787 bits per heavy atom. The first-order chi connectivity index (χ1) is 45.1. The van der Waals surface area contributed by atoms with Crippen molar-refractivity contribution in [3.05, 3.63) is 94.3 Å². The third kappa shape index (κ3) is 19.0.